The number of rotatable bonds is 4. The fraction of sp³-hybridized carbons (Fsp3) is 0.667. The normalized spacial score (nSPS) is 16.8. The van der Waals surface area contributed by atoms with Gasteiger partial charge in [0.2, 0.25) is 0 Å². The minimum Gasteiger partial charge on any atom is -0.599 e. The first-order valence-corrected chi connectivity index (χ1v) is 5.80. The first-order chi connectivity index (χ1) is 5.84. The summed E-state index contributed by atoms with van der Waals surface area (Å²) in [6, 6.07) is 0. The van der Waals surface area contributed by atoms with Crippen molar-refractivity contribution in [3.8, 4) is 0 Å². The van der Waals surface area contributed by atoms with Gasteiger partial charge in [-0.15, -0.1) is 0 Å². The lowest BCUT2D eigenvalue weighted by atomic mass is 10.4. The van der Waals surface area contributed by atoms with Crippen LogP contribution in [-0.4, -0.2) is 37.8 Å². The van der Waals surface area contributed by atoms with Gasteiger partial charge in [-0.25, -0.2) is 5.26 Å². The Morgan fingerprint density at radius 2 is 2.15 bits per heavy atom. The highest BCUT2D eigenvalue weighted by Crippen LogP contribution is 2.42. The monoisotopic (exact) mass is 233 g/mol. The lowest BCUT2D eigenvalue weighted by molar-refractivity contribution is -0.232. The molecule has 0 fully saturated rings. The SMILES string of the molecule is NCC(C(O)=[P+]([O-])OO)P(=O)(O)O. The molecule has 0 aliphatic rings. The number of hydrogen-bond donors (Lipinski definition) is 5. The van der Waals surface area contributed by atoms with Gasteiger partial charge in [0, 0.05) is 6.54 Å². The number of aliphatic hydroxyl groups is 1. The lowest BCUT2D eigenvalue weighted by Gasteiger charge is -2.12. The van der Waals surface area contributed by atoms with Gasteiger partial charge in [0.15, 0.2) is 5.66 Å². The maximum absolute atomic E-state index is 10.6. The highest BCUT2D eigenvalue weighted by Gasteiger charge is 2.37. The predicted molar refractivity (Wildman–Crippen MR) is 42.5 cm³/mol. The predicted octanol–water partition coefficient (Wildman–Crippen LogP) is -1.84. The second-order valence-electron chi connectivity index (χ2n) is 2.04. The van der Waals surface area contributed by atoms with Gasteiger partial charge in [-0.2, -0.15) is 0 Å². The summed E-state index contributed by atoms with van der Waals surface area (Å²) in [5.41, 5.74) is 1.97. The number of hydrogen-bond acceptors (Lipinski definition) is 5. The van der Waals surface area contributed by atoms with Crippen molar-refractivity contribution < 1.29 is 34.3 Å². The van der Waals surface area contributed by atoms with E-state index in [-0.39, 0.29) is 0 Å². The van der Waals surface area contributed by atoms with Crippen molar-refractivity contribution >= 4 is 21.1 Å². The molecule has 8 nitrogen and oxygen atoms in total. The Balaban J connectivity index is 4.91. The van der Waals surface area contributed by atoms with Crippen LogP contribution in [-0.2, 0) is 9.24 Å². The van der Waals surface area contributed by atoms with Gasteiger partial charge in [0.1, 0.15) is 0 Å². The topological polar surface area (TPSA) is 156 Å². The van der Waals surface area contributed by atoms with Gasteiger partial charge in [-0.05, 0) is 4.67 Å². The summed E-state index contributed by atoms with van der Waals surface area (Å²) in [7, 11) is -7.73. The smallest absolute Gasteiger partial charge is 0.340 e. The van der Waals surface area contributed by atoms with E-state index in [4.69, 9.17) is 25.9 Å². The second kappa shape index (κ2) is 5.11. The molecule has 0 bridgehead atoms. The van der Waals surface area contributed by atoms with Gasteiger partial charge >= 0.3 is 7.60 Å². The van der Waals surface area contributed by atoms with Crippen molar-refractivity contribution in [2.75, 3.05) is 6.54 Å². The van der Waals surface area contributed by atoms with Gasteiger partial charge in [0.25, 0.3) is 13.5 Å². The minimum atomic E-state index is -4.69. The molecule has 0 saturated carbocycles. The van der Waals surface area contributed by atoms with Crippen LogP contribution in [0, 0.1) is 0 Å². The fourth-order valence-corrected chi connectivity index (χ4v) is 2.30. The van der Waals surface area contributed by atoms with Crippen LogP contribution in [0.4, 0.5) is 0 Å². The standard InChI is InChI=1S/C3H9NO7P2/c4-1-2(13(8,9)10)3(5)12(7)11-6/h2,5-6H,1,4H2,(H2,8,9,10). The van der Waals surface area contributed by atoms with Crippen molar-refractivity contribution in [1.29, 1.82) is 0 Å². The number of aliphatic hydroxyl groups excluding tert-OH is 1. The lowest BCUT2D eigenvalue weighted by Crippen LogP contribution is -2.30. The van der Waals surface area contributed by atoms with E-state index >= 15 is 0 Å². The molecule has 10 heteroatoms. The Hall–Kier alpha value is 0.120. The van der Waals surface area contributed by atoms with E-state index in [0.29, 0.717) is 0 Å². The first-order valence-electron chi connectivity index (χ1n) is 2.94. The van der Waals surface area contributed by atoms with Gasteiger partial charge in [-0.3, -0.25) is 4.57 Å². The average Bonchev–Trinajstić information content (AvgIpc) is 2.01. The van der Waals surface area contributed by atoms with Gasteiger partial charge < -0.3 is 25.5 Å². The summed E-state index contributed by atoms with van der Waals surface area (Å²) in [6.07, 6.45) is 0. The molecule has 0 radical (unpaired) electrons. The van der Waals surface area contributed by atoms with Crippen molar-refractivity contribution in [2.24, 2.45) is 5.73 Å². The molecular weight excluding hydrogens is 224 g/mol. The number of nitrogens with two attached hydrogens (primary N) is 1. The molecule has 0 rings (SSSR count). The van der Waals surface area contributed by atoms with Crippen molar-refractivity contribution in [3.05, 3.63) is 0 Å². The quantitative estimate of drug-likeness (QED) is 0.215. The average molecular weight is 233 g/mol. The van der Waals surface area contributed by atoms with E-state index < -0.39 is 33.3 Å². The summed E-state index contributed by atoms with van der Waals surface area (Å²) in [5.74, 6) is 0. The summed E-state index contributed by atoms with van der Waals surface area (Å²) in [5, 5.41) is 16.7. The van der Waals surface area contributed by atoms with Crippen LogP contribution in [0.1, 0.15) is 0 Å². The third kappa shape index (κ3) is 3.78. The third-order valence-corrected chi connectivity index (χ3v) is 3.49. The van der Waals surface area contributed by atoms with E-state index in [9.17, 15) is 9.46 Å². The Bertz CT molecular complexity index is 246. The molecule has 0 saturated heterocycles. The van der Waals surface area contributed by atoms with Gasteiger partial charge in [0.05, 0.1) is 0 Å². The Labute approximate surface area is 74.2 Å². The molecule has 0 aliphatic carbocycles. The molecule has 2 atom stereocenters. The molecule has 2 unspecified atom stereocenters. The minimum absolute atomic E-state index is 0.611. The zero-order chi connectivity index (χ0) is 10.6. The van der Waals surface area contributed by atoms with Crippen LogP contribution in [0.3, 0.4) is 0 Å². The highest BCUT2D eigenvalue weighted by atomic mass is 31.2. The maximum atomic E-state index is 10.6. The van der Waals surface area contributed by atoms with Crippen molar-refractivity contribution in [3.63, 3.8) is 0 Å². The summed E-state index contributed by atoms with van der Waals surface area (Å²) < 4.78 is 13.8. The maximum Gasteiger partial charge on any atom is 0.340 e. The van der Waals surface area contributed by atoms with Crippen LogP contribution >= 0.6 is 15.6 Å². The fourth-order valence-electron chi connectivity index (χ4n) is 0.557. The molecule has 0 spiro atoms. The first kappa shape index (κ1) is 13.1. The Kier molecular flexibility index (Phi) is 5.16. The molecule has 13 heavy (non-hydrogen) atoms. The molecule has 78 valence electrons. The highest BCUT2D eigenvalue weighted by molar-refractivity contribution is 7.57. The molecular formula is C3H9NO7P2. The van der Waals surface area contributed by atoms with E-state index in [2.05, 4.69) is 4.67 Å². The van der Waals surface area contributed by atoms with E-state index in [0.717, 1.165) is 0 Å². The van der Waals surface area contributed by atoms with Crippen LogP contribution in [0.5, 0.6) is 0 Å². The summed E-state index contributed by atoms with van der Waals surface area (Å²) in [6.45, 7) is -0.611. The van der Waals surface area contributed by atoms with Crippen LogP contribution in [0.25, 0.3) is 0 Å². The summed E-state index contributed by atoms with van der Waals surface area (Å²) in [4.78, 5) is 27.7. The zero-order valence-electron chi connectivity index (χ0n) is 6.27. The molecule has 0 aliphatic heterocycles. The molecule has 6 N–H and O–H groups in total. The third-order valence-electron chi connectivity index (χ3n) is 1.19. The second-order valence-corrected chi connectivity index (χ2v) is 4.97. The van der Waals surface area contributed by atoms with Crippen molar-refractivity contribution in [2.45, 2.75) is 5.66 Å². The largest absolute Gasteiger partial charge is 0.599 e. The summed E-state index contributed by atoms with van der Waals surface area (Å²) >= 11 is 0. The Morgan fingerprint density at radius 1 is 1.69 bits per heavy atom. The van der Waals surface area contributed by atoms with Gasteiger partial charge in [-0.1, -0.05) is 0 Å². The zero-order valence-corrected chi connectivity index (χ0v) is 8.06. The van der Waals surface area contributed by atoms with Crippen molar-refractivity contribution in [1.82, 2.24) is 0 Å². The van der Waals surface area contributed by atoms with E-state index in [1.54, 1.807) is 0 Å². The van der Waals surface area contributed by atoms with Crippen LogP contribution in [0.15, 0.2) is 0 Å². The van der Waals surface area contributed by atoms with Crippen LogP contribution < -0.4 is 10.6 Å². The molecule has 0 heterocycles. The molecule has 0 aromatic heterocycles. The molecule has 0 amide bonds. The van der Waals surface area contributed by atoms with E-state index in [1.807, 2.05) is 0 Å². The molecule has 0 aromatic carbocycles. The Morgan fingerprint density at radius 3 is 2.38 bits per heavy atom. The van der Waals surface area contributed by atoms with E-state index in [1.165, 1.54) is 0 Å². The van der Waals surface area contributed by atoms with Crippen LogP contribution in [0.2, 0.25) is 0 Å². The molecule has 0 aromatic rings.